The SMILES string of the molecule is C#CC1(CC=C)C(=C)c2ccc(CC)cc2N1C. The van der Waals surface area contributed by atoms with Gasteiger partial charge in [-0.05, 0) is 23.6 Å². The second kappa shape index (κ2) is 4.38. The maximum atomic E-state index is 5.79. The van der Waals surface area contributed by atoms with E-state index < -0.39 is 5.54 Å². The highest BCUT2D eigenvalue weighted by molar-refractivity contribution is 5.92. The third-order valence-corrected chi connectivity index (χ3v) is 3.91. The lowest BCUT2D eigenvalue weighted by Crippen LogP contribution is -2.41. The Kier molecular flexibility index (Phi) is 3.05. The summed E-state index contributed by atoms with van der Waals surface area (Å²) in [5, 5.41) is 0. The van der Waals surface area contributed by atoms with E-state index in [1.807, 2.05) is 13.1 Å². The molecule has 0 amide bonds. The van der Waals surface area contributed by atoms with Crippen molar-refractivity contribution in [2.45, 2.75) is 25.3 Å². The molecule has 1 heteroatoms. The van der Waals surface area contributed by atoms with Gasteiger partial charge < -0.3 is 4.90 Å². The first kappa shape index (κ1) is 12.5. The number of fused-ring (bicyclic) bond motifs is 1. The number of aryl methyl sites for hydroxylation is 1. The van der Waals surface area contributed by atoms with Crippen LogP contribution in [0.3, 0.4) is 0 Å². The van der Waals surface area contributed by atoms with E-state index in [1.165, 1.54) is 11.3 Å². The number of rotatable bonds is 3. The fraction of sp³-hybridized carbons (Fsp3) is 0.294. The van der Waals surface area contributed by atoms with Gasteiger partial charge in [-0.1, -0.05) is 37.6 Å². The molecule has 1 heterocycles. The topological polar surface area (TPSA) is 3.24 Å². The van der Waals surface area contributed by atoms with Crippen molar-refractivity contribution in [3.05, 3.63) is 48.6 Å². The van der Waals surface area contributed by atoms with E-state index in [4.69, 9.17) is 6.42 Å². The molecule has 0 fully saturated rings. The highest BCUT2D eigenvalue weighted by Gasteiger charge is 2.42. The van der Waals surface area contributed by atoms with Gasteiger partial charge in [0.05, 0.1) is 0 Å². The predicted molar refractivity (Wildman–Crippen MR) is 79.6 cm³/mol. The van der Waals surface area contributed by atoms with Crippen LogP contribution in [0.2, 0.25) is 0 Å². The lowest BCUT2D eigenvalue weighted by molar-refractivity contribution is 0.679. The lowest BCUT2D eigenvalue weighted by Gasteiger charge is -2.33. The molecule has 1 aliphatic heterocycles. The van der Waals surface area contributed by atoms with Crippen molar-refractivity contribution in [3.63, 3.8) is 0 Å². The highest BCUT2D eigenvalue weighted by atomic mass is 15.2. The van der Waals surface area contributed by atoms with Crippen LogP contribution in [0.5, 0.6) is 0 Å². The van der Waals surface area contributed by atoms with Crippen molar-refractivity contribution in [1.82, 2.24) is 0 Å². The van der Waals surface area contributed by atoms with E-state index in [9.17, 15) is 0 Å². The van der Waals surface area contributed by atoms with E-state index in [1.54, 1.807) is 0 Å². The van der Waals surface area contributed by atoms with E-state index in [-0.39, 0.29) is 0 Å². The molecule has 2 rings (SSSR count). The van der Waals surface area contributed by atoms with E-state index in [0.717, 1.165) is 24.0 Å². The smallest absolute Gasteiger partial charge is 0.130 e. The van der Waals surface area contributed by atoms with Crippen LogP contribution in [0.15, 0.2) is 37.4 Å². The van der Waals surface area contributed by atoms with E-state index >= 15 is 0 Å². The average molecular weight is 237 g/mol. The van der Waals surface area contributed by atoms with Crippen LogP contribution in [0, 0.1) is 12.3 Å². The Morgan fingerprint density at radius 1 is 1.50 bits per heavy atom. The van der Waals surface area contributed by atoms with Gasteiger partial charge in [-0.2, -0.15) is 0 Å². The van der Waals surface area contributed by atoms with Crippen LogP contribution < -0.4 is 4.90 Å². The monoisotopic (exact) mass is 237 g/mol. The Bertz CT molecular complexity index is 547. The fourth-order valence-corrected chi connectivity index (χ4v) is 2.67. The minimum Gasteiger partial charge on any atom is -0.354 e. The maximum Gasteiger partial charge on any atom is 0.130 e. The highest BCUT2D eigenvalue weighted by Crippen LogP contribution is 2.47. The Hall–Kier alpha value is -1.94. The average Bonchev–Trinajstić information content (AvgIpc) is 2.61. The van der Waals surface area contributed by atoms with Crippen LogP contribution in [0.1, 0.15) is 24.5 Å². The van der Waals surface area contributed by atoms with Crippen molar-refractivity contribution in [1.29, 1.82) is 0 Å². The summed E-state index contributed by atoms with van der Waals surface area (Å²) in [7, 11) is 2.04. The maximum absolute atomic E-state index is 5.79. The number of likely N-dealkylation sites (N-methyl/N-ethyl adjacent to an activating group) is 1. The van der Waals surface area contributed by atoms with Gasteiger partial charge in [0, 0.05) is 24.7 Å². The van der Waals surface area contributed by atoms with Gasteiger partial charge in [-0.15, -0.1) is 13.0 Å². The van der Waals surface area contributed by atoms with Crippen molar-refractivity contribution in [2.75, 3.05) is 11.9 Å². The molecular formula is C17H19N. The van der Waals surface area contributed by atoms with Crippen molar-refractivity contribution in [3.8, 4) is 12.3 Å². The molecule has 1 atom stereocenters. The zero-order valence-corrected chi connectivity index (χ0v) is 11.2. The van der Waals surface area contributed by atoms with Crippen LogP contribution in [0.4, 0.5) is 5.69 Å². The molecule has 0 aromatic heterocycles. The standard InChI is InChI=1S/C17H19N/c1-6-11-17(8-3)13(4)15-10-9-14(7-2)12-16(15)18(17)5/h3,6,9-10,12H,1,4,7,11H2,2,5H3. The summed E-state index contributed by atoms with van der Waals surface area (Å²) in [6.45, 7) is 10.2. The molecule has 0 aliphatic carbocycles. The van der Waals surface area contributed by atoms with Gasteiger partial charge in [0.15, 0.2) is 0 Å². The van der Waals surface area contributed by atoms with Gasteiger partial charge in [-0.25, -0.2) is 0 Å². The normalized spacial score (nSPS) is 21.6. The van der Waals surface area contributed by atoms with Gasteiger partial charge in [0.25, 0.3) is 0 Å². The molecule has 92 valence electrons. The van der Waals surface area contributed by atoms with Gasteiger partial charge in [0.2, 0.25) is 0 Å². The molecule has 0 spiro atoms. The molecule has 1 aliphatic rings. The second-order valence-electron chi connectivity index (χ2n) is 4.74. The largest absolute Gasteiger partial charge is 0.354 e. The molecule has 1 aromatic carbocycles. The molecule has 0 N–H and O–H groups in total. The Labute approximate surface area is 110 Å². The van der Waals surface area contributed by atoms with Gasteiger partial charge >= 0.3 is 0 Å². The molecule has 0 bridgehead atoms. The van der Waals surface area contributed by atoms with Crippen molar-refractivity contribution < 1.29 is 0 Å². The van der Waals surface area contributed by atoms with Crippen molar-refractivity contribution in [2.24, 2.45) is 0 Å². The quantitative estimate of drug-likeness (QED) is 0.573. The fourth-order valence-electron chi connectivity index (χ4n) is 2.67. The molecule has 0 saturated heterocycles. The summed E-state index contributed by atoms with van der Waals surface area (Å²) in [6, 6.07) is 6.50. The predicted octanol–water partition coefficient (Wildman–Crippen LogP) is 3.66. The number of hydrogen-bond donors (Lipinski definition) is 0. The molecule has 1 nitrogen and oxygen atoms in total. The zero-order valence-electron chi connectivity index (χ0n) is 11.2. The molecule has 1 unspecified atom stereocenters. The summed E-state index contributed by atoms with van der Waals surface area (Å²) in [5.41, 5.74) is 4.22. The zero-order chi connectivity index (χ0) is 13.3. The first-order valence-corrected chi connectivity index (χ1v) is 6.26. The number of terminal acetylenes is 1. The number of hydrogen-bond acceptors (Lipinski definition) is 1. The van der Waals surface area contributed by atoms with Crippen molar-refractivity contribution >= 4 is 11.3 Å². The summed E-state index contributed by atoms with van der Waals surface area (Å²) in [5.74, 6) is 2.92. The van der Waals surface area contributed by atoms with Crippen LogP contribution in [-0.2, 0) is 6.42 Å². The Morgan fingerprint density at radius 2 is 2.22 bits per heavy atom. The minimum absolute atomic E-state index is 0.448. The summed E-state index contributed by atoms with van der Waals surface area (Å²) in [4.78, 5) is 2.16. The van der Waals surface area contributed by atoms with E-state index in [0.29, 0.717) is 0 Å². The molecule has 18 heavy (non-hydrogen) atoms. The number of nitrogens with zero attached hydrogens (tertiary/aromatic N) is 1. The second-order valence-corrected chi connectivity index (χ2v) is 4.74. The third-order valence-electron chi connectivity index (χ3n) is 3.91. The first-order chi connectivity index (χ1) is 8.60. The van der Waals surface area contributed by atoms with Gasteiger partial charge in [-0.3, -0.25) is 0 Å². The Balaban J connectivity index is 2.59. The summed E-state index contributed by atoms with van der Waals surface area (Å²) in [6.07, 6.45) is 9.40. The molecule has 0 saturated carbocycles. The number of anilines is 1. The summed E-state index contributed by atoms with van der Waals surface area (Å²) >= 11 is 0. The molecular weight excluding hydrogens is 218 g/mol. The van der Waals surface area contributed by atoms with Crippen LogP contribution in [0.25, 0.3) is 5.57 Å². The van der Waals surface area contributed by atoms with Crippen LogP contribution in [-0.4, -0.2) is 12.6 Å². The molecule has 1 aromatic rings. The van der Waals surface area contributed by atoms with E-state index in [2.05, 4.69) is 49.1 Å². The van der Waals surface area contributed by atoms with Crippen LogP contribution >= 0.6 is 0 Å². The lowest BCUT2D eigenvalue weighted by atomic mass is 9.87. The Morgan fingerprint density at radius 3 is 2.78 bits per heavy atom. The number of benzene rings is 1. The van der Waals surface area contributed by atoms with Gasteiger partial charge in [0.1, 0.15) is 5.54 Å². The summed E-state index contributed by atoms with van der Waals surface area (Å²) < 4.78 is 0. The third kappa shape index (κ3) is 1.49. The first-order valence-electron chi connectivity index (χ1n) is 6.26. The minimum atomic E-state index is -0.448. The molecule has 0 radical (unpaired) electrons.